The summed E-state index contributed by atoms with van der Waals surface area (Å²) < 4.78 is 0. The van der Waals surface area contributed by atoms with Crippen LogP contribution in [0, 0.1) is 10.1 Å². The quantitative estimate of drug-likeness (QED) is 0.517. The van der Waals surface area contributed by atoms with Gasteiger partial charge >= 0.3 is 0 Å². The van der Waals surface area contributed by atoms with Gasteiger partial charge in [0.1, 0.15) is 5.69 Å². The molecule has 1 aliphatic rings. The van der Waals surface area contributed by atoms with Gasteiger partial charge in [-0.25, -0.2) is 10.1 Å². The van der Waals surface area contributed by atoms with Gasteiger partial charge in [0.2, 0.25) is 0 Å². The molecule has 26 heavy (non-hydrogen) atoms. The summed E-state index contributed by atoms with van der Waals surface area (Å²) in [5.41, 5.74) is 0.667. The first-order valence-electron chi connectivity index (χ1n) is 9.62. The second kappa shape index (κ2) is 6.82. The Hall–Kier alpha value is -1.66. The molecule has 0 spiro atoms. The summed E-state index contributed by atoms with van der Waals surface area (Å²) in [5.74, 6) is 0. The number of hydrogen-bond acceptors (Lipinski definition) is 3. The summed E-state index contributed by atoms with van der Waals surface area (Å²) in [4.78, 5) is 11.7. The highest BCUT2D eigenvalue weighted by Gasteiger charge is 2.56. The number of fused-ring (bicyclic) bond motifs is 1. The van der Waals surface area contributed by atoms with E-state index >= 15 is 0 Å². The van der Waals surface area contributed by atoms with Crippen LogP contribution >= 0.6 is 0 Å². The maximum atomic E-state index is 13.5. The molecule has 0 atom stereocenters. The van der Waals surface area contributed by atoms with Crippen molar-refractivity contribution < 1.29 is 10.2 Å². The second-order valence-corrected chi connectivity index (χ2v) is 8.22. The molecular formula is C20H32N3O3. The van der Waals surface area contributed by atoms with Crippen LogP contribution in [0.4, 0.5) is 5.69 Å². The molecule has 0 saturated heterocycles. The molecule has 1 aromatic rings. The van der Waals surface area contributed by atoms with Crippen molar-refractivity contribution in [3.8, 4) is 0 Å². The van der Waals surface area contributed by atoms with E-state index in [-0.39, 0.29) is 5.03 Å². The molecule has 1 radical (unpaired) electrons. The number of nitrogens with zero attached hydrogens (tertiary/aromatic N) is 3. The van der Waals surface area contributed by atoms with Crippen molar-refractivity contribution in [2.45, 2.75) is 90.8 Å². The fourth-order valence-electron chi connectivity index (χ4n) is 4.65. The van der Waals surface area contributed by atoms with Gasteiger partial charge in [-0.3, -0.25) is 0 Å². The lowest BCUT2D eigenvalue weighted by molar-refractivity contribution is -0.505. The van der Waals surface area contributed by atoms with Crippen molar-refractivity contribution in [1.29, 1.82) is 0 Å². The SMILES string of the molecule is CCC1(CC)c2ccc(N([N+](=O)[O-])C(C)(C)C)cc2C(CC)(CC)N1[O]. The molecule has 145 valence electrons. The van der Waals surface area contributed by atoms with E-state index in [4.69, 9.17) is 0 Å². The molecular weight excluding hydrogens is 330 g/mol. The largest absolute Gasteiger partial charge is 0.234 e. The highest BCUT2D eigenvalue weighted by molar-refractivity contribution is 5.56. The number of hydroxylamine groups is 2. The van der Waals surface area contributed by atoms with Crippen LogP contribution in [0.2, 0.25) is 0 Å². The molecule has 0 fully saturated rings. The number of rotatable bonds is 6. The van der Waals surface area contributed by atoms with Crippen LogP contribution in [0.5, 0.6) is 0 Å². The van der Waals surface area contributed by atoms with E-state index in [0.717, 1.165) is 24.0 Å². The van der Waals surface area contributed by atoms with Crippen molar-refractivity contribution in [3.63, 3.8) is 0 Å². The van der Waals surface area contributed by atoms with E-state index in [1.807, 2.05) is 60.6 Å². The minimum atomic E-state index is -0.665. The number of anilines is 1. The Morgan fingerprint density at radius 1 is 1.00 bits per heavy atom. The summed E-state index contributed by atoms with van der Waals surface area (Å²) in [5, 5.41) is 27.3. The standard InChI is InChI=1S/C20H32N3O3/c1-8-19(9-2)16-13-12-15(21(23(25)26)18(5,6)7)14-17(16)20(10-3,11-4)22(19)24/h12-14H,8-11H2,1-7H3. The highest BCUT2D eigenvalue weighted by Crippen LogP contribution is 2.55. The molecule has 0 aromatic heterocycles. The molecule has 1 heterocycles. The van der Waals surface area contributed by atoms with Crippen LogP contribution in [-0.4, -0.2) is 15.6 Å². The van der Waals surface area contributed by atoms with Crippen LogP contribution < -0.4 is 5.01 Å². The van der Waals surface area contributed by atoms with Crippen molar-refractivity contribution in [2.75, 3.05) is 5.01 Å². The van der Waals surface area contributed by atoms with Crippen molar-refractivity contribution in [2.24, 2.45) is 0 Å². The van der Waals surface area contributed by atoms with Crippen molar-refractivity contribution in [3.05, 3.63) is 39.4 Å². The minimum Gasteiger partial charge on any atom is -0.234 e. The lowest BCUT2D eigenvalue weighted by Gasteiger charge is -2.40. The zero-order valence-electron chi connectivity index (χ0n) is 17.1. The van der Waals surface area contributed by atoms with Gasteiger partial charge < -0.3 is 0 Å². The number of hydrazine groups is 1. The van der Waals surface area contributed by atoms with Crippen LogP contribution in [0.15, 0.2) is 18.2 Å². The third-order valence-electron chi connectivity index (χ3n) is 6.17. The fourth-order valence-corrected chi connectivity index (χ4v) is 4.65. The van der Waals surface area contributed by atoms with Gasteiger partial charge in [0.15, 0.2) is 5.03 Å². The van der Waals surface area contributed by atoms with Gasteiger partial charge in [-0.05, 0) is 69.7 Å². The topological polar surface area (TPSA) is 69.5 Å². The number of benzene rings is 1. The molecule has 6 heteroatoms. The molecule has 0 aliphatic carbocycles. The Morgan fingerprint density at radius 2 is 1.46 bits per heavy atom. The lowest BCUT2D eigenvalue weighted by atomic mass is 9.82. The average Bonchev–Trinajstić information content (AvgIpc) is 2.78. The lowest BCUT2D eigenvalue weighted by Crippen LogP contribution is -2.47. The predicted molar refractivity (Wildman–Crippen MR) is 103 cm³/mol. The summed E-state index contributed by atoms with van der Waals surface area (Å²) >= 11 is 0. The van der Waals surface area contributed by atoms with E-state index in [9.17, 15) is 15.3 Å². The zero-order chi connectivity index (χ0) is 19.9. The van der Waals surface area contributed by atoms with E-state index in [0.29, 0.717) is 18.5 Å². The van der Waals surface area contributed by atoms with Gasteiger partial charge in [-0.2, -0.15) is 0 Å². The highest BCUT2D eigenvalue weighted by atomic mass is 16.7. The molecule has 0 N–H and O–H groups in total. The zero-order valence-corrected chi connectivity index (χ0v) is 17.1. The molecule has 0 bridgehead atoms. The first kappa shape index (κ1) is 20.6. The first-order chi connectivity index (χ1) is 12.1. The fraction of sp³-hybridized carbons (Fsp3) is 0.700. The van der Waals surface area contributed by atoms with Gasteiger partial charge in [0.25, 0.3) is 0 Å². The Morgan fingerprint density at radius 3 is 1.85 bits per heavy atom. The number of nitro groups is 1. The summed E-state index contributed by atoms with van der Waals surface area (Å²) in [6.07, 6.45) is 2.80. The van der Waals surface area contributed by atoms with Crippen molar-refractivity contribution >= 4 is 5.69 Å². The summed E-state index contributed by atoms with van der Waals surface area (Å²) in [6, 6.07) is 5.62. The summed E-state index contributed by atoms with van der Waals surface area (Å²) in [6.45, 7) is 13.6. The van der Waals surface area contributed by atoms with Crippen LogP contribution in [0.3, 0.4) is 0 Å². The number of hydrogen-bond donors (Lipinski definition) is 0. The normalized spacial score (nSPS) is 18.6. The molecule has 1 aromatic carbocycles. The molecule has 0 saturated carbocycles. The Kier molecular flexibility index (Phi) is 5.41. The third kappa shape index (κ3) is 2.70. The molecule has 1 aliphatic heterocycles. The van der Waals surface area contributed by atoms with Gasteiger partial charge in [-0.1, -0.05) is 38.8 Å². The molecule has 0 amide bonds. The maximum Gasteiger partial charge on any atom is 0.165 e. The van der Waals surface area contributed by atoms with E-state index < -0.39 is 16.6 Å². The molecule has 0 unspecified atom stereocenters. The molecule has 2 rings (SSSR count). The van der Waals surface area contributed by atoms with Crippen molar-refractivity contribution in [1.82, 2.24) is 5.06 Å². The average molecular weight is 362 g/mol. The van der Waals surface area contributed by atoms with E-state index in [1.165, 1.54) is 10.1 Å². The van der Waals surface area contributed by atoms with Gasteiger partial charge in [0, 0.05) is 0 Å². The smallest absolute Gasteiger partial charge is 0.165 e. The van der Waals surface area contributed by atoms with Gasteiger partial charge in [-0.15, -0.1) is 10.3 Å². The predicted octanol–water partition coefficient (Wildman–Crippen LogP) is 5.17. The van der Waals surface area contributed by atoms with E-state index in [1.54, 1.807) is 6.07 Å². The van der Waals surface area contributed by atoms with Gasteiger partial charge in [0.05, 0.1) is 16.6 Å². The third-order valence-corrected chi connectivity index (χ3v) is 6.17. The molecule has 6 nitrogen and oxygen atoms in total. The summed E-state index contributed by atoms with van der Waals surface area (Å²) in [7, 11) is 0. The van der Waals surface area contributed by atoms with Crippen LogP contribution in [0.25, 0.3) is 0 Å². The van der Waals surface area contributed by atoms with E-state index in [2.05, 4.69) is 0 Å². The minimum absolute atomic E-state index is 0.363. The Balaban J connectivity index is 2.77. The monoisotopic (exact) mass is 362 g/mol. The Bertz CT molecular complexity index is 673. The van der Waals surface area contributed by atoms with Crippen LogP contribution in [0.1, 0.15) is 85.3 Å². The second-order valence-electron chi connectivity index (χ2n) is 8.22. The van der Waals surface area contributed by atoms with Crippen LogP contribution in [-0.2, 0) is 16.3 Å². The first-order valence-corrected chi connectivity index (χ1v) is 9.62. The Labute approximate surface area is 156 Å². The maximum absolute atomic E-state index is 13.5.